The Kier molecular flexibility index (Phi) is 5.39. The van der Waals surface area contributed by atoms with E-state index in [0.717, 1.165) is 50.0 Å². The normalized spacial score (nSPS) is 15.2. The molecular formula is C22H25N3O2. The lowest BCUT2D eigenvalue weighted by Crippen LogP contribution is -2.46. The van der Waals surface area contributed by atoms with Crippen molar-refractivity contribution in [3.63, 3.8) is 0 Å². The third-order valence-electron chi connectivity index (χ3n) is 5.08. The highest BCUT2D eigenvalue weighted by Crippen LogP contribution is 2.22. The van der Waals surface area contributed by atoms with Crippen molar-refractivity contribution in [2.75, 3.05) is 44.2 Å². The van der Waals surface area contributed by atoms with Crippen LogP contribution >= 0.6 is 0 Å². The van der Waals surface area contributed by atoms with Crippen LogP contribution in [0.1, 0.15) is 6.42 Å². The molecule has 0 aliphatic carbocycles. The Balaban J connectivity index is 1.25. The van der Waals surface area contributed by atoms with Gasteiger partial charge in [0.1, 0.15) is 5.75 Å². The van der Waals surface area contributed by atoms with E-state index < -0.39 is 0 Å². The zero-order chi connectivity index (χ0) is 18.5. The number of aromatic nitrogens is 1. The van der Waals surface area contributed by atoms with Gasteiger partial charge < -0.3 is 14.6 Å². The van der Waals surface area contributed by atoms with Crippen molar-refractivity contribution >= 4 is 16.6 Å². The molecule has 1 N–H and O–H groups in total. The second-order valence-electron chi connectivity index (χ2n) is 6.91. The molecule has 4 rings (SSSR count). The maximum Gasteiger partial charge on any atom is 0.252 e. The van der Waals surface area contributed by atoms with E-state index in [2.05, 4.69) is 45.1 Å². The van der Waals surface area contributed by atoms with Crippen LogP contribution in [0.5, 0.6) is 5.75 Å². The lowest BCUT2D eigenvalue weighted by Gasteiger charge is -2.36. The quantitative estimate of drug-likeness (QED) is 0.684. The Morgan fingerprint density at radius 2 is 1.67 bits per heavy atom. The molecule has 5 nitrogen and oxygen atoms in total. The van der Waals surface area contributed by atoms with Crippen molar-refractivity contribution in [1.29, 1.82) is 0 Å². The minimum absolute atomic E-state index is 0.124. The second-order valence-corrected chi connectivity index (χ2v) is 6.91. The number of benzene rings is 2. The van der Waals surface area contributed by atoms with E-state index in [1.54, 1.807) is 6.07 Å². The molecule has 2 aromatic carbocycles. The van der Waals surface area contributed by atoms with Crippen molar-refractivity contribution in [2.24, 2.45) is 0 Å². The molecule has 0 saturated carbocycles. The topological polar surface area (TPSA) is 48.6 Å². The molecule has 3 aromatic rings. The van der Waals surface area contributed by atoms with E-state index in [-0.39, 0.29) is 5.56 Å². The summed E-state index contributed by atoms with van der Waals surface area (Å²) >= 11 is 0. The van der Waals surface area contributed by atoms with Crippen LogP contribution in [0, 0.1) is 0 Å². The number of nitrogens with one attached hydrogen (secondary N) is 1. The van der Waals surface area contributed by atoms with Crippen LogP contribution in [0.2, 0.25) is 0 Å². The largest absolute Gasteiger partial charge is 0.493 e. The van der Waals surface area contributed by atoms with E-state index >= 15 is 0 Å². The number of H-pyrrole nitrogens is 1. The number of piperazine rings is 1. The van der Waals surface area contributed by atoms with Crippen molar-refractivity contribution in [3.05, 3.63) is 71.0 Å². The highest BCUT2D eigenvalue weighted by molar-refractivity contribution is 5.84. The summed E-state index contributed by atoms with van der Waals surface area (Å²) in [6.45, 7) is 5.90. The number of rotatable bonds is 6. The van der Waals surface area contributed by atoms with Gasteiger partial charge in [-0.1, -0.05) is 30.3 Å². The smallest absolute Gasteiger partial charge is 0.252 e. The molecule has 1 saturated heterocycles. The van der Waals surface area contributed by atoms with E-state index in [4.69, 9.17) is 4.74 Å². The van der Waals surface area contributed by atoms with Crippen molar-refractivity contribution in [1.82, 2.24) is 9.88 Å². The van der Waals surface area contributed by atoms with Crippen molar-refractivity contribution in [2.45, 2.75) is 6.42 Å². The van der Waals surface area contributed by atoms with Crippen LogP contribution < -0.4 is 15.2 Å². The van der Waals surface area contributed by atoms with Gasteiger partial charge in [0.05, 0.1) is 12.1 Å². The average molecular weight is 363 g/mol. The third-order valence-corrected chi connectivity index (χ3v) is 5.08. The van der Waals surface area contributed by atoms with Gasteiger partial charge in [-0.25, -0.2) is 0 Å². The first-order valence-corrected chi connectivity index (χ1v) is 9.57. The fourth-order valence-corrected chi connectivity index (χ4v) is 3.63. The Hall–Kier alpha value is -2.79. The molecule has 5 heteroatoms. The monoisotopic (exact) mass is 363 g/mol. The van der Waals surface area contributed by atoms with Crippen LogP contribution in [-0.2, 0) is 0 Å². The molecule has 1 fully saturated rings. The third kappa shape index (κ3) is 4.31. The average Bonchev–Trinajstić information content (AvgIpc) is 2.72. The van der Waals surface area contributed by atoms with Gasteiger partial charge in [-0.15, -0.1) is 0 Å². The summed E-state index contributed by atoms with van der Waals surface area (Å²) in [6, 6.07) is 19.9. The van der Waals surface area contributed by atoms with Crippen molar-refractivity contribution in [3.8, 4) is 5.75 Å². The lowest BCUT2D eigenvalue weighted by atomic mass is 10.2. The summed E-state index contributed by atoms with van der Waals surface area (Å²) in [7, 11) is 0. The van der Waals surface area contributed by atoms with Gasteiger partial charge >= 0.3 is 0 Å². The summed E-state index contributed by atoms with van der Waals surface area (Å²) in [5.74, 6) is 0.670. The lowest BCUT2D eigenvalue weighted by molar-refractivity contribution is 0.225. The minimum atomic E-state index is -0.124. The molecule has 0 unspecified atom stereocenters. The van der Waals surface area contributed by atoms with Crippen LogP contribution in [-0.4, -0.2) is 49.2 Å². The van der Waals surface area contributed by atoms with Crippen LogP contribution in [0.25, 0.3) is 10.9 Å². The SMILES string of the molecule is O=c1cc(OCCCN2CCN(c3ccccc3)CC2)c2ccccc2[nH]1. The fourth-order valence-electron chi connectivity index (χ4n) is 3.63. The van der Waals surface area contributed by atoms with Gasteiger partial charge in [0.2, 0.25) is 0 Å². The summed E-state index contributed by atoms with van der Waals surface area (Å²) in [4.78, 5) is 19.5. The number of ether oxygens (including phenoxy) is 1. The minimum Gasteiger partial charge on any atom is -0.493 e. The molecule has 27 heavy (non-hydrogen) atoms. The van der Waals surface area contributed by atoms with Gasteiger partial charge in [0, 0.05) is 49.9 Å². The maximum atomic E-state index is 11.8. The standard InChI is InChI=1S/C22H25N3O2/c26-22-17-21(19-9-4-5-10-20(19)23-22)27-16-6-11-24-12-14-25(15-13-24)18-7-2-1-3-8-18/h1-5,7-10,17H,6,11-16H2,(H,23,26). The Labute approximate surface area is 159 Å². The summed E-state index contributed by atoms with van der Waals surface area (Å²) in [5, 5.41) is 0.952. The number of pyridine rings is 1. The van der Waals surface area contributed by atoms with E-state index in [1.807, 2.05) is 24.3 Å². The van der Waals surface area contributed by atoms with Gasteiger partial charge in [0.25, 0.3) is 5.56 Å². The number of fused-ring (bicyclic) bond motifs is 1. The zero-order valence-corrected chi connectivity index (χ0v) is 15.4. The molecule has 1 aliphatic rings. The number of aromatic amines is 1. The van der Waals surface area contributed by atoms with Crippen LogP contribution in [0.4, 0.5) is 5.69 Å². The molecule has 0 atom stereocenters. The van der Waals surface area contributed by atoms with Crippen LogP contribution in [0.3, 0.4) is 0 Å². The van der Waals surface area contributed by atoms with Gasteiger partial charge in [0.15, 0.2) is 0 Å². The first kappa shape index (κ1) is 17.6. The molecule has 0 spiro atoms. The summed E-state index contributed by atoms with van der Waals surface area (Å²) in [6.07, 6.45) is 0.951. The Morgan fingerprint density at radius 1 is 0.926 bits per heavy atom. The summed E-state index contributed by atoms with van der Waals surface area (Å²) < 4.78 is 5.92. The molecule has 0 amide bonds. The predicted octanol–water partition coefficient (Wildman–Crippen LogP) is 3.12. The molecule has 2 heterocycles. The molecule has 0 bridgehead atoms. The Morgan fingerprint density at radius 3 is 2.48 bits per heavy atom. The summed E-state index contributed by atoms with van der Waals surface area (Å²) in [5.41, 5.74) is 2.00. The second kappa shape index (κ2) is 8.27. The zero-order valence-electron chi connectivity index (χ0n) is 15.4. The highest BCUT2D eigenvalue weighted by Gasteiger charge is 2.16. The van der Waals surface area contributed by atoms with Crippen LogP contribution in [0.15, 0.2) is 65.5 Å². The maximum absolute atomic E-state index is 11.8. The molecule has 140 valence electrons. The first-order valence-electron chi connectivity index (χ1n) is 9.57. The van der Waals surface area contributed by atoms with Gasteiger partial charge in [-0.05, 0) is 30.7 Å². The first-order chi connectivity index (χ1) is 13.3. The number of hydrogen-bond donors (Lipinski definition) is 1. The number of anilines is 1. The highest BCUT2D eigenvalue weighted by atomic mass is 16.5. The molecular weight excluding hydrogens is 338 g/mol. The molecule has 1 aromatic heterocycles. The number of hydrogen-bond acceptors (Lipinski definition) is 4. The number of nitrogens with zero attached hydrogens (tertiary/aromatic N) is 2. The van der Waals surface area contributed by atoms with Gasteiger partial charge in [-0.2, -0.15) is 0 Å². The Bertz CT molecular complexity index is 931. The fraction of sp³-hybridized carbons (Fsp3) is 0.318. The van der Waals surface area contributed by atoms with E-state index in [1.165, 1.54) is 5.69 Å². The van der Waals surface area contributed by atoms with E-state index in [9.17, 15) is 4.79 Å². The van der Waals surface area contributed by atoms with Crippen molar-refractivity contribution < 1.29 is 4.74 Å². The molecule has 0 radical (unpaired) electrons. The van der Waals surface area contributed by atoms with E-state index in [0.29, 0.717) is 12.4 Å². The van der Waals surface area contributed by atoms with Gasteiger partial charge in [-0.3, -0.25) is 9.69 Å². The number of para-hydroxylation sites is 2. The molecule has 1 aliphatic heterocycles. The predicted molar refractivity (Wildman–Crippen MR) is 110 cm³/mol.